The molecule has 10 rings (SSSR count). The van der Waals surface area contributed by atoms with Gasteiger partial charge in [0.25, 0.3) is 0 Å². The molecule has 4 aliphatic carbocycles. The molecule has 0 bridgehead atoms. The maximum absolute atomic E-state index is 12.9. The van der Waals surface area contributed by atoms with E-state index >= 15 is 0 Å². The summed E-state index contributed by atoms with van der Waals surface area (Å²) in [6.07, 6.45) is -21.2. The molecule has 0 aromatic carbocycles. The van der Waals surface area contributed by atoms with Crippen LogP contribution in [-0.4, -0.2) is 216 Å². The second-order valence-electron chi connectivity index (χ2n) is 23.9. The third-order valence-corrected chi connectivity index (χ3v) is 20.0. The Morgan fingerprint density at radius 2 is 1.19 bits per heavy atom. The third kappa shape index (κ3) is 8.63. The number of fused-ring (bicyclic) bond motifs is 7. The molecule has 11 N–H and O–H groups in total. The van der Waals surface area contributed by atoms with Crippen LogP contribution in [0.2, 0.25) is 0 Å². The van der Waals surface area contributed by atoms with E-state index in [0.717, 1.165) is 44.9 Å². The monoisotopic (exact) mass is 1030 g/mol. The molecular weight excluding hydrogens is 949 g/mol. The summed E-state index contributed by atoms with van der Waals surface area (Å²) < 4.78 is 61.9. The summed E-state index contributed by atoms with van der Waals surface area (Å²) in [6, 6.07) is 0. The van der Waals surface area contributed by atoms with E-state index in [-0.39, 0.29) is 28.8 Å². The number of allylic oxidation sites excluding steroid dienone is 1. The second kappa shape index (κ2) is 20.0. The molecule has 0 aromatic heterocycles. The first kappa shape index (κ1) is 54.3. The standard InChI is InChI=1S/C51H82O21/c1-20-10-15-50(63-19-20)24(5)51(62)31(72-50)17-29-27-9-8-25-16-26(11-13-48(25,6)28(27)12-14-49(29,51)7)67-47-43(71-45-38(59)35(56)33(54)22(3)65-45)40(61)42(30(18-52)68-47)70-46-39(60)36(57)41(23(4)66-46)69-44-37(58)34(55)32(53)21(2)64-44/h8,20-24,26-47,52-62H,9-19H2,1-7H3/t20?,21?,22?,23?,24?,26?,27?,28?,29?,30?,31?,32?,33?,34?,35?,36?,37?,38?,39?,40?,41?,42?,43?,44?,45?,46?,47?,48-,49-,50+,51+/m0/s1. The summed E-state index contributed by atoms with van der Waals surface area (Å²) in [7, 11) is 0. The lowest BCUT2D eigenvalue weighted by molar-refractivity contribution is -0.394. The zero-order valence-corrected chi connectivity index (χ0v) is 42.4. The van der Waals surface area contributed by atoms with Crippen LogP contribution in [0.5, 0.6) is 0 Å². The number of aliphatic hydroxyl groups is 11. The van der Waals surface area contributed by atoms with Crippen LogP contribution in [-0.2, 0) is 47.4 Å². The van der Waals surface area contributed by atoms with Crippen molar-refractivity contribution < 1.29 is 104 Å². The molecule has 31 atom stereocenters. The molecule has 3 saturated carbocycles. The summed E-state index contributed by atoms with van der Waals surface area (Å²) in [5.74, 6) is 0.531. The molecule has 27 unspecified atom stereocenters. The Morgan fingerprint density at radius 1 is 0.597 bits per heavy atom. The minimum absolute atomic E-state index is 0.151. The van der Waals surface area contributed by atoms with Crippen LogP contribution < -0.4 is 0 Å². The number of ether oxygens (including phenoxy) is 10. The molecule has 6 heterocycles. The highest BCUT2D eigenvalue weighted by Gasteiger charge is 2.76. The smallest absolute Gasteiger partial charge is 0.187 e. The van der Waals surface area contributed by atoms with Crippen LogP contribution in [0.15, 0.2) is 11.6 Å². The molecule has 6 aliphatic heterocycles. The number of hydrogen-bond donors (Lipinski definition) is 11. The van der Waals surface area contributed by atoms with Crippen LogP contribution >= 0.6 is 0 Å². The predicted octanol–water partition coefficient (Wildman–Crippen LogP) is -0.792. The lowest BCUT2D eigenvalue weighted by Crippen LogP contribution is -2.67. The van der Waals surface area contributed by atoms with E-state index in [1.807, 2.05) is 0 Å². The maximum Gasteiger partial charge on any atom is 0.187 e. The van der Waals surface area contributed by atoms with Crippen molar-refractivity contribution in [3.8, 4) is 0 Å². The minimum atomic E-state index is -1.86. The molecule has 412 valence electrons. The first-order valence-corrected chi connectivity index (χ1v) is 26.7. The molecule has 72 heavy (non-hydrogen) atoms. The average molecular weight is 1030 g/mol. The molecule has 0 amide bonds. The molecule has 6 saturated heterocycles. The Morgan fingerprint density at radius 3 is 1.81 bits per heavy atom. The molecule has 9 fully saturated rings. The normalized spacial score (nSPS) is 58.8. The second-order valence-corrected chi connectivity index (χ2v) is 23.9. The predicted molar refractivity (Wildman–Crippen MR) is 245 cm³/mol. The highest BCUT2D eigenvalue weighted by molar-refractivity contribution is 5.29. The Balaban J connectivity index is 0.842. The van der Waals surface area contributed by atoms with E-state index in [1.165, 1.54) is 26.3 Å². The fourth-order valence-electron chi connectivity index (χ4n) is 15.4. The third-order valence-electron chi connectivity index (χ3n) is 20.0. The van der Waals surface area contributed by atoms with E-state index in [1.54, 1.807) is 0 Å². The highest BCUT2D eigenvalue weighted by atomic mass is 16.8. The lowest BCUT2D eigenvalue weighted by atomic mass is 9.46. The van der Waals surface area contributed by atoms with E-state index in [0.29, 0.717) is 37.2 Å². The minimum Gasteiger partial charge on any atom is -0.394 e. The Labute approximate surface area is 420 Å². The van der Waals surface area contributed by atoms with Gasteiger partial charge >= 0.3 is 0 Å². The van der Waals surface area contributed by atoms with E-state index in [2.05, 4.69) is 33.8 Å². The molecule has 0 radical (unpaired) electrons. The van der Waals surface area contributed by atoms with E-state index in [4.69, 9.17) is 47.4 Å². The van der Waals surface area contributed by atoms with E-state index < -0.39 is 147 Å². The van der Waals surface area contributed by atoms with Crippen molar-refractivity contribution in [3.05, 3.63) is 11.6 Å². The zero-order valence-electron chi connectivity index (χ0n) is 42.4. The highest BCUT2D eigenvalue weighted by Crippen LogP contribution is 2.72. The summed E-state index contributed by atoms with van der Waals surface area (Å²) in [5.41, 5.74) is -0.230. The number of rotatable bonds is 9. The van der Waals surface area contributed by atoms with E-state index in [9.17, 15) is 56.2 Å². The fourth-order valence-corrected chi connectivity index (χ4v) is 15.4. The summed E-state index contributed by atoms with van der Waals surface area (Å²) in [4.78, 5) is 0. The summed E-state index contributed by atoms with van der Waals surface area (Å²) >= 11 is 0. The van der Waals surface area contributed by atoms with Gasteiger partial charge < -0.3 is 104 Å². The number of aliphatic hydroxyl groups excluding tert-OH is 10. The van der Waals surface area contributed by atoms with Crippen LogP contribution in [0.4, 0.5) is 0 Å². The van der Waals surface area contributed by atoms with Crippen LogP contribution in [0.3, 0.4) is 0 Å². The van der Waals surface area contributed by atoms with Crippen molar-refractivity contribution in [2.75, 3.05) is 13.2 Å². The van der Waals surface area contributed by atoms with Gasteiger partial charge in [0.05, 0.1) is 43.7 Å². The Bertz CT molecular complexity index is 1940. The summed E-state index contributed by atoms with van der Waals surface area (Å²) in [6.45, 7) is 13.3. The van der Waals surface area contributed by atoms with Gasteiger partial charge in [-0.25, -0.2) is 0 Å². The quantitative estimate of drug-likeness (QED) is 0.126. The van der Waals surface area contributed by atoms with Gasteiger partial charge in [0, 0.05) is 17.8 Å². The molecule has 21 heteroatoms. The van der Waals surface area contributed by atoms with Crippen LogP contribution in [0, 0.1) is 40.4 Å². The Hall–Kier alpha value is -1.10. The molecule has 0 aromatic rings. The van der Waals surface area contributed by atoms with Crippen molar-refractivity contribution in [2.24, 2.45) is 40.4 Å². The van der Waals surface area contributed by atoms with Gasteiger partial charge in [-0.15, -0.1) is 0 Å². The lowest BCUT2D eigenvalue weighted by Gasteiger charge is -2.60. The SMILES string of the molecule is CC1CC[C@@]2(OC1)OC1CC3C4CC=C5CC(OC6OC(CO)C(OC7OC(C)C(OC8OC(C)C(O)C(O)C8O)C(O)C7O)C(O)C6OC6OC(C)C(O)C(O)C6O)CC[C@]5(C)C4CC[C@]3(C)[C@@]1(O)C2C. The van der Waals surface area contributed by atoms with Gasteiger partial charge in [0.2, 0.25) is 0 Å². The largest absolute Gasteiger partial charge is 0.394 e. The van der Waals surface area contributed by atoms with Gasteiger partial charge in [-0.2, -0.15) is 0 Å². The van der Waals surface area contributed by atoms with Crippen molar-refractivity contribution in [3.63, 3.8) is 0 Å². The Kier molecular flexibility index (Phi) is 15.1. The van der Waals surface area contributed by atoms with Gasteiger partial charge in [-0.05, 0) is 101 Å². The van der Waals surface area contributed by atoms with Gasteiger partial charge in [-0.1, -0.05) is 39.3 Å². The molecular formula is C51H82O21. The maximum atomic E-state index is 12.9. The van der Waals surface area contributed by atoms with Crippen molar-refractivity contribution in [1.82, 2.24) is 0 Å². The van der Waals surface area contributed by atoms with Gasteiger partial charge in [0.1, 0.15) is 85.0 Å². The van der Waals surface area contributed by atoms with Gasteiger partial charge in [-0.3, -0.25) is 0 Å². The van der Waals surface area contributed by atoms with Crippen molar-refractivity contribution in [1.29, 1.82) is 0 Å². The van der Waals surface area contributed by atoms with Crippen LogP contribution in [0.25, 0.3) is 0 Å². The summed E-state index contributed by atoms with van der Waals surface area (Å²) in [5, 5.41) is 122. The molecule has 10 aliphatic rings. The van der Waals surface area contributed by atoms with Crippen molar-refractivity contribution >= 4 is 0 Å². The fraction of sp³-hybridized carbons (Fsp3) is 0.961. The topological polar surface area (TPSA) is 315 Å². The van der Waals surface area contributed by atoms with Crippen molar-refractivity contribution in [2.45, 2.75) is 253 Å². The molecule has 21 nitrogen and oxygen atoms in total. The number of hydrogen-bond acceptors (Lipinski definition) is 21. The average Bonchev–Trinajstić information content (AvgIpc) is 3.71. The first-order valence-electron chi connectivity index (χ1n) is 26.7. The van der Waals surface area contributed by atoms with Gasteiger partial charge in [0.15, 0.2) is 30.9 Å². The van der Waals surface area contributed by atoms with Crippen LogP contribution in [0.1, 0.15) is 106 Å². The first-order chi connectivity index (χ1) is 34.0. The zero-order chi connectivity index (χ0) is 51.7. The molecule has 1 spiro atoms.